The summed E-state index contributed by atoms with van der Waals surface area (Å²) in [6.45, 7) is 8.18. The van der Waals surface area contributed by atoms with Crippen LogP contribution in [0.15, 0.2) is 12.2 Å². The molecule has 146 valence electrons. The Morgan fingerprint density at radius 1 is 1.04 bits per heavy atom. The van der Waals surface area contributed by atoms with Crippen molar-refractivity contribution in [3.63, 3.8) is 0 Å². The van der Waals surface area contributed by atoms with E-state index in [2.05, 4.69) is 12.2 Å². The summed E-state index contributed by atoms with van der Waals surface area (Å²) in [5, 5.41) is 0. The van der Waals surface area contributed by atoms with Gasteiger partial charge in [-0.15, -0.1) is 0 Å². The molecule has 2 saturated heterocycles. The van der Waals surface area contributed by atoms with Crippen molar-refractivity contribution < 1.29 is 19.2 Å². The van der Waals surface area contributed by atoms with Gasteiger partial charge < -0.3 is 19.4 Å². The molecule has 3 rings (SSSR count). The largest absolute Gasteiger partial charge is 0.450 e. The number of carbonyl (C=O) groups excluding carboxylic acids is 2. The molecule has 2 heterocycles. The van der Waals surface area contributed by atoms with E-state index in [1.54, 1.807) is 9.80 Å². The molecule has 2 fully saturated rings. The van der Waals surface area contributed by atoms with Crippen LogP contribution in [0.4, 0.5) is 4.79 Å². The molecule has 0 aromatic heterocycles. The summed E-state index contributed by atoms with van der Waals surface area (Å²) in [7, 11) is 0. The van der Waals surface area contributed by atoms with Gasteiger partial charge in [0.2, 0.25) is 5.91 Å². The number of carbonyl (C=O) groups is 2. The Labute approximate surface area is 157 Å². The maximum atomic E-state index is 12.8. The Bertz CT molecular complexity index is 506. The molecule has 1 N–H and O–H groups in total. The van der Waals surface area contributed by atoms with Crippen LogP contribution in [0.5, 0.6) is 0 Å². The van der Waals surface area contributed by atoms with Gasteiger partial charge in [-0.3, -0.25) is 4.79 Å². The summed E-state index contributed by atoms with van der Waals surface area (Å²) in [4.78, 5) is 29.9. The van der Waals surface area contributed by atoms with Gasteiger partial charge in [0.15, 0.2) is 0 Å². The maximum absolute atomic E-state index is 12.8. The van der Waals surface area contributed by atoms with Crippen molar-refractivity contribution in [2.24, 2.45) is 11.8 Å². The smallest absolute Gasteiger partial charge is 0.409 e. The van der Waals surface area contributed by atoms with E-state index in [4.69, 9.17) is 4.74 Å². The second kappa shape index (κ2) is 9.40. The number of ether oxygens (including phenoxy) is 1. The average molecular weight is 365 g/mol. The van der Waals surface area contributed by atoms with Crippen LogP contribution in [-0.4, -0.2) is 74.2 Å². The zero-order valence-electron chi connectivity index (χ0n) is 16.1. The van der Waals surface area contributed by atoms with Crippen molar-refractivity contribution in [2.45, 2.75) is 39.0 Å². The predicted molar refractivity (Wildman–Crippen MR) is 99.9 cm³/mol. The minimum absolute atomic E-state index is 0.180. The van der Waals surface area contributed by atoms with E-state index in [0.717, 1.165) is 31.8 Å². The van der Waals surface area contributed by atoms with Gasteiger partial charge >= 0.3 is 6.09 Å². The molecule has 3 aliphatic rings. The number of hydrogen-bond acceptors (Lipinski definition) is 3. The van der Waals surface area contributed by atoms with Crippen molar-refractivity contribution in [3.8, 4) is 0 Å². The van der Waals surface area contributed by atoms with Gasteiger partial charge in [-0.2, -0.15) is 0 Å². The molecule has 0 aromatic rings. The van der Waals surface area contributed by atoms with Crippen molar-refractivity contribution in [1.29, 1.82) is 0 Å². The topological polar surface area (TPSA) is 54.3 Å². The molecule has 6 nitrogen and oxygen atoms in total. The molecule has 0 saturated carbocycles. The molecule has 1 atom stereocenters. The summed E-state index contributed by atoms with van der Waals surface area (Å²) >= 11 is 0. The highest BCUT2D eigenvalue weighted by molar-refractivity contribution is 5.79. The Kier molecular flexibility index (Phi) is 6.94. The molecule has 0 unspecified atom stereocenters. The molecule has 0 aromatic carbocycles. The first-order valence-electron chi connectivity index (χ1n) is 10.4. The fourth-order valence-electron chi connectivity index (χ4n) is 4.51. The van der Waals surface area contributed by atoms with Gasteiger partial charge in [0.25, 0.3) is 0 Å². The Balaban J connectivity index is 1.38. The van der Waals surface area contributed by atoms with Gasteiger partial charge in [0.05, 0.1) is 26.2 Å². The number of rotatable bonds is 4. The first kappa shape index (κ1) is 19.2. The molecule has 1 aliphatic carbocycles. The fraction of sp³-hybridized carbons (Fsp3) is 0.800. The molecular formula is C20H34N3O3+. The number of hydrogen-bond donors (Lipinski definition) is 1. The summed E-state index contributed by atoms with van der Waals surface area (Å²) in [6.07, 6.45) is 10.2. The number of amides is 2. The summed E-state index contributed by atoms with van der Waals surface area (Å²) < 4.78 is 5.04. The lowest BCUT2D eigenvalue weighted by Gasteiger charge is -2.37. The zero-order chi connectivity index (χ0) is 18.4. The van der Waals surface area contributed by atoms with E-state index in [-0.39, 0.29) is 12.0 Å². The van der Waals surface area contributed by atoms with E-state index >= 15 is 0 Å². The fourth-order valence-corrected chi connectivity index (χ4v) is 4.51. The summed E-state index contributed by atoms with van der Waals surface area (Å²) in [5.74, 6) is 1.31. The summed E-state index contributed by atoms with van der Waals surface area (Å²) in [6, 6.07) is 0. The lowest BCUT2D eigenvalue weighted by Crippen LogP contribution is -3.13. The quantitative estimate of drug-likeness (QED) is 0.756. The van der Waals surface area contributed by atoms with E-state index in [0.29, 0.717) is 38.7 Å². The minimum Gasteiger partial charge on any atom is -0.450 e. The van der Waals surface area contributed by atoms with E-state index in [9.17, 15) is 9.59 Å². The minimum atomic E-state index is -0.255. The Morgan fingerprint density at radius 3 is 2.35 bits per heavy atom. The lowest BCUT2D eigenvalue weighted by atomic mass is 9.91. The second-order valence-electron chi connectivity index (χ2n) is 7.89. The van der Waals surface area contributed by atoms with Gasteiger partial charge in [0.1, 0.15) is 0 Å². The molecule has 0 radical (unpaired) electrons. The third-order valence-corrected chi connectivity index (χ3v) is 6.11. The number of allylic oxidation sites excluding steroid dienone is 2. The highest BCUT2D eigenvalue weighted by atomic mass is 16.6. The first-order chi connectivity index (χ1) is 12.7. The molecule has 6 heteroatoms. The predicted octanol–water partition coefficient (Wildman–Crippen LogP) is 0.938. The highest BCUT2D eigenvalue weighted by Gasteiger charge is 2.33. The molecule has 2 aliphatic heterocycles. The average Bonchev–Trinajstić information content (AvgIpc) is 2.69. The number of nitrogens with zero attached hydrogens (tertiary/aromatic N) is 2. The van der Waals surface area contributed by atoms with Crippen molar-refractivity contribution in [3.05, 3.63) is 12.2 Å². The second-order valence-corrected chi connectivity index (χ2v) is 7.89. The monoisotopic (exact) mass is 364 g/mol. The van der Waals surface area contributed by atoms with Crippen molar-refractivity contribution in [1.82, 2.24) is 9.80 Å². The molecular weight excluding hydrogens is 330 g/mol. The molecule has 0 spiro atoms. The number of piperazine rings is 1. The number of piperidine rings is 1. The maximum Gasteiger partial charge on any atom is 0.409 e. The zero-order valence-corrected chi connectivity index (χ0v) is 16.1. The SMILES string of the molecule is CCOC(=O)N1CCN(C(=O)C2CC[NH+](C[C@@H]3CC=CCC3)CC2)CC1. The van der Waals surface area contributed by atoms with Crippen LogP contribution in [0.1, 0.15) is 39.0 Å². The van der Waals surface area contributed by atoms with Gasteiger partial charge in [-0.25, -0.2) is 4.79 Å². The van der Waals surface area contributed by atoms with Gasteiger partial charge in [0, 0.05) is 50.9 Å². The van der Waals surface area contributed by atoms with Gasteiger partial charge in [-0.1, -0.05) is 12.2 Å². The van der Waals surface area contributed by atoms with Crippen LogP contribution in [0, 0.1) is 11.8 Å². The van der Waals surface area contributed by atoms with Crippen molar-refractivity contribution >= 4 is 12.0 Å². The van der Waals surface area contributed by atoms with Crippen LogP contribution in [0.25, 0.3) is 0 Å². The van der Waals surface area contributed by atoms with E-state index in [1.165, 1.54) is 25.8 Å². The first-order valence-corrected chi connectivity index (χ1v) is 10.4. The van der Waals surface area contributed by atoms with Crippen LogP contribution in [-0.2, 0) is 9.53 Å². The number of likely N-dealkylation sites (tertiary alicyclic amines) is 1. The van der Waals surface area contributed by atoms with Crippen LogP contribution >= 0.6 is 0 Å². The van der Waals surface area contributed by atoms with Crippen LogP contribution in [0.2, 0.25) is 0 Å². The molecule has 0 bridgehead atoms. The lowest BCUT2D eigenvalue weighted by molar-refractivity contribution is -0.909. The van der Waals surface area contributed by atoms with Crippen LogP contribution < -0.4 is 4.90 Å². The Morgan fingerprint density at radius 2 is 1.73 bits per heavy atom. The standard InChI is InChI=1S/C20H33N3O3/c1-2-26-20(25)23-14-12-22(13-15-23)19(24)18-8-10-21(11-9-18)16-17-6-4-3-5-7-17/h3-4,17-18H,2,5-16H2,1H3/p+1/t17-/m1/s1. The van der Waals surface area contributed by atoms with E-state index < -0.39 is 0 Å². The number of nitrogens with one attached hydrogen (secondary N) is 1. The third-order valence-electron chi connectivity index (χ3n) is 6.11. The molecule has 26 heavy (non-hydrogen) atoms. The van der Waals surface area contributed by atoms with E-state index in [1.807, 2.05) is 11.8 Å². The number of quaternary nitrogens is 1. The normalized spacial score (nSPS) is 29.5. The van der Waals surface area contributed by atoms with Gasteiger partial charge in [-0.05, 0) is 26.2 Å². The molecule has 2 amide bonds. The third kappa shape index (κ3) is 5.00. The highest BCUT2D eigenvalue weighted by Crippen LogP contribution is 2.18. The summed E-state index contributed by atoms with van der Waals surface area (Å²) in [5.41, 5.74) is 0. The van der Waals surface area contributed by atoms with Crippen molar-refractivity contribution in [2.75, 3.05) is 52.4 Å². The van der Waals surface area contributed by atoms with Crippen LogP contribution in [0.3, 0.4) is 0 Å². The Hall–Kier alpha value is -1.56.